The van der Waals surface area contributed by atoms with Gasteiger partial charge in [0.25, 0.3) is 5.91 Å². The van der Waals surface area contributed by atoms with Gasteiger partial charge >= 0.3 is 6.18 Å². The normalized spacial score (nSPS) is 21.7. The molecular weight excluding hydrogens is 457 g/mol. The predicted molar refractivity (Wildman–Crippen MR) is 115 cm³/mol. The summed E-state index contributed by atoms with van der Waals surface area (Å²) in [5.74, 6) is 0.652. The number of ether oxygens (including phenoxy) is 1. The Labute approximate surface area is 192 Å². The van der Waals surface area contributed by atoms with E-state index in [2.05, 4.69) is 10.0 Å². The van der Waals surface area contributed by atoms with Gasteiger partial charge in [0.15, 0.2) is 6.61 Å². The van der Waals surface area contributed by atoms with Gasteiger partial charge in [-0.05, 0) is 48.4 Å². The molecule has 1 aliphatic heterocycles. The van der Waals surface area contributed by atoms with Crippen LogP contribution in [0.2, 0.25) is 0 Å². The molecule has 3 aliphatic rings. The minimum atomic E-state index is -4.40. The summed E-state index contributed by atoms with van der Waals surface area (Å²) in [5.41, 5.74) is 3.10. The summed E-state index contributed by atoms with van der Waals surface area (Å²) in [7, 11) is 0. The average Bonchev–Trinajstić information content (AvgIpc) is 3.45. The second-order valence-corrected chi connectivity index (χ2v) is 9.58. The Morgan fingerprint density at radius 3 is 2.88 bits per heavy atom. The first kappa shape index (κ1) is 22.4. The number of carbonyl (C=O) groups excluding carboxylic acids is 1. The van der Waals surface area contributed by atoms with Gasteiger partial charge in [-0.15, -0.1) is 0 Å². The minimum Gasteiger partial charge on any atom is -0.484 e. The highest BCUT2D eigenvalue weighted by atomic mass is 32.2. The van der Waals surface area contributed by atoms with Crippen LogP contribution in [-0.2, 0) is 43.3 Å². The zero-order chi connectivity index (χ0) is 23.2. The van der Waals surface area contributed by atoms with Gasteiger partial charge in [0, 0.05) is 13.0 Å². The Morgan fingerprint density at radius 2 is 2.15 bits per heavy atom. The molecule has 0 radical (unpaired) electrons. The Morgan fingerprint density at radius 1 is 1.33 bits per heavy atom. The third-order valence-corrected chi connectivity index (χ3v) is 7.04. The molecule has 33 heavy (non-hydrogen) atoms. The van der Waals surface area contributed by atoms with Crippen LogP contribution in [0.15, 0.2) is 18.2 Å². The second kappa shape index (κ2) is 8.43. The highest BCUT2D eigenvalue weighted by Gasteiger charge is 2.46. The number of alkyl halides is 3. The fourth-order valence-corrected chi connectivity index (χ4v) is 5.24. The van der Waals surface area contributed by atoms with Crippen molar-refractivity contribution >= 4 is 17.8 Å². The number of aromatic nitrogens is 2. The van der Waals surface area contributed by atoms with Gasteiger partial charge in [-0.2, -0.15) is 18.3 Å². The van der Waals surface area contributed by atoms with E-state index in [1.54, 1.807) is 12.1 Å². The zero-order valence-corrected chi connectivity index (χ0v) is 18.8. The van der Waals surface area contributed by atoms with Crippen molar-refractivity contribution in [2.75, 3.05) is 6.61 Å². The third kappa shape index (κ3) is 4.52. The molecule has 2 aliphatic carbocycles. The molecule has 1 atom stereocenters. The molecule has 1 fully saturated rings. The summed E-state index contributed by atoms with van der Waals surface area (Å²) in [5, 5.41) is 7.95. The molecule has 2 aromatic rings. The van der Waals surface area contributed by atoms with Crippen LogP contribution in [-0.4, -0.2) is 32.7 Å². The van der Waals surface area contributed by atoms with Crippen LogP contribution in [0.1, 0.15) is 58.6 Å². The standard InChI is InChI=1S/C22H25F3N4O3S/c23-22(24,25)12-32-15-3-4-16-14(9-15)5-7-21(16)10-17-19(20(30)27-21)18(11-26-33-31)29(28-17)8-6-13-1-2-13/h3-4,9,13,33H,1-2,5-8,10-12H2,(H,26,31)(H,27,30)/t21-/m0/s1. The lowest BCUT2D eigenvalue weighted by Gasteiger charge is -2.35. The van der Waals surface area contributed by atoms with Crippen LogP contribution in [0.25, 0.3) is 0 Å². The number of nitrogens with one attached hydrogen (secondary N) is 2. The van der Waals surface area contributed by atoms with Crippen LogP contribution in [0.3, 0.4) is 0 Å². The first-order valence-electron chi connectivity index (χ1n) is 11.1. The highest BCUT2D eigenvalue weighted by molar-refractivity contribution is 7.63. The maximum absolute atomic E-state index is 13.3. The average molecular weight is 483 g/mol. The molecule has 11 heteroatoms. The van der Waals surface area contributed by atoms with Crippen molar-refractivity contribution in [3.63, 3.8) is 0 Å². The number of nitrogens with zero attached hydrogens (tertiary/aromatic N) is 2. The van der Waals surface area contributed by atoms with E-state index in [1.807, 2.05) is 4.68 Å². The van der Waals surface area contributed by atoms with E-state index in [0.717, 1.165) is 23.2 Å². The molecule has 2 heterocycles. The molecule has 0 unspecified atom stereocenters. The number of halogens is 3. The number of thiol groups is 1. The summed E-state index contributed by atoms with van der Waals surface area (Å²) in [6, 6.07) is 4.91. The number of rotatable bonds is 8. The first-order valence-corrected chi connectivity index (χ1v) is 11.9. The quantitative estimate of drug-likeness (QED) is 0.505. The van der Waals surface area contributed by atoms with E-state index >= 15 is 0 Å². The fraction of sp³-hybridized carbons (Fsp3) is 0.545. The van der Waals surface area contributed by atoms with Gasteiger partial charge in [0.05, 0.1) is 40.9 Å². The topological polar surface area (TPSA) is 85.2 Å². The van der Waals surface area contributed by atoms with E-state index < -0.39 is 18.3 Å². The summed E-state index contributed by atoms with van der Waals surface area (Å²) in [6.07, 6.45) is 0.815. The van der Waals surface area contributed by atoms with Gasteiger partial charge in [-0.25, -0.2) is 8.93 Å². The zero-order valence-electron chi connectivity index (χ0n) is 17.9. The molecule has 1 amide bonds. The number of carbonyl (C=O) groups is 1. The van der Waals surface area contributed by atoms with Crippen molar-refractivity contribution in [3.05, 3.63) is 46.3 Å². The lowest BCUT2D eigenvalue weighted by atomic mass is 9.82. The molecular formula is C22H25F3N4O3S. The SMILES string of the molecule is O=[SH]NCc1c2c(nn1CCC1CC1)C[C@]1(CCc3cc(OCC(F)(F)F)ccc31)NC2=O. The molecule has 178 valence electrons. The van der Waals surface area contributed by atoms with Crippen molar-refractivity contribution in [2.24, 2.45) is 5.92 Å². The molecule has 5 rings (SSSR count). The molecule has 1 spiro atoms. The van der Waals surface area contributed by atoms with Crippen LogP contribution in [0.4, 0.5) is 13.2 Å². The van der Waals surface area contributed by atoms with E-state index in [1.165, 1.54) is 18.9 Å². The Balaban J connectivity index is 1.42. The fourth-order valence-electron chi connectivity index (χ4n) is 5.03. The molecule has 2 N–H and O–H groups in total. The molecule has 1 aromatic carbocycles. The number of hydrogen-bond acceptors (Lipinski definition) is 4. The number of fused-ring (bicyclic) bond motifs is 3. The van der Waals surface area contributed by atoms with Crippen LogP contribution in [0, 0.1) is 5.92 Å². The molecule has 1 saturated carbocycles. The van der Waals surface area contributed by atoms with Crippen molar-refractivity contribution in [1.82, 2.24) is 19.8 Å². The van der Waals surface area contributed by atoms with Gasteiger partial charge in [-0.1, -0.05) is 18.9 Å². The number of benzene rings is 1. The summed E-state index contributed by atoms with van der Waals surface area (Å²) in [6.45, 7) is -0.356. The minimum absolute atomic E-state index is 0.167. The van der Waals surface area contributed by atoms with Gasteiger partial charge < -0.3 is 10.1 Å². The van der Waals surface area contributed by atoms with Crippen LogP contribution in [0.5, 0.6) is 5.75 Å². The lowest BCUT2D eigenvalue weighted by Crippen LogP contribution is -2.50. The number of amides is 1. The summed E-state index contributed by atoms with van der Waals surface area (Å²) in [4.78, 5) is 13.3. The highest BCUT2D eigenvalue weighted by Crippen LogP contribution is 2.44. The first-order chi connectivity index (χ1) is 15.8. The summed E-state index contributed by atoms with van der Waals surface area (Å²) >= 11 is -0.210. The number of hydrogen-bond donors (Lipinski definition) is 3. The maximum atomic E-state index is 13.3. The monoisotopic (exact) mass is 482 g/mol. The molecule has 0 bridgehead atoms. The van der Waals surface area contributed by atoms with E-state index in [0.29, 0.717) is 43.0 Å². The van der Waals surface area contributed by atoms with Crippen LogP contribution >= 0.6 is 0 Å². The molecule has 0 saturated heterocycles. The van der Waals surface area contributed by atoms with Crippen molar-refractivity contribution in [2.45, 2.75) is 63.3 Å². The van der Waals surface area contributed by atoms with E-state index in [4.69, 9.17) is 9.84 Å². The Bertz CT molecular complexity index is 1100. The maximum Gasteiger partial charge on any atom is 0.422 e. The third-order valence-electron chi connectivity index (χ3n) is 6.75. The Hall–Kier alpha value is -2.40. The summed E-state index contributed by atoms with van der Waals surface area (Å²) < 4.78 is 58.0. The van der Waals surface area contributed by atoms with Crippen molar-refractivity contribution in [1.29, 1.82) is 0 Å². The number of aryl methyl sites for hydroxylation is 2. The van der Waals surface area contributed by atoms with Gasteiger partial charge in [0.2, 0.25) is 0 Å². The largest absolute Gasteiger partial charge is 0.484 e. The van der Waals surface area contributed by atoms with Crippen molar-refractivity contribution in [3.8, 4) is 5.75 Å². The van der Waals surface area contributed by atoms with E-state index in [9.17, 15) is 22.2 Å². The van der Waals surface area contributed by atoms with Gasteiger partial charge in [0.1, 0.15) is 5.75 Å². The lowest BCUT2D eigenvalue weighted by molar-refractivity contribution is -0.153. The van der Waals surface area contributed by atoms with E-state index in [-0.39, 0.29) is 30.1 Å². The van der Waals surface area contributed by atoms with Gasteiger partial charge in [-0.3, -0.25) is 9.48 Å². The Kier molecular flexibility index (Phi) is 5.72. The second-order valence-electron chi connectivity index (χ2n) is 9.09. The molecule has 1 aromatic heterocycles. The predicted octanol–water partition coefficient (Wildman–Crippen LogP) is 2.70. The smallest absolute Gasteiger partial charge is 0.422 e. The van der Waals surface area contributed by atoms with Crippen molar-refractivity contribution < 1.29 is 26.9 Å². The molecule has 7 nitrogen and oxygen atoms in total. The van der Waals surface area contributed by atoms with Crippen LogP contribution < -0.4 is 14.8 Å².